The number of hydrogen-bond donors (Lipinski definition) is 2. The van der Waals surface area contributed by atoms with Crippen LogP contribution in [-0.4, -0.2) is 152 Å². The lowest BCUT2D eigenvalue weighted by Gasteiger charge is -2.52. The normalized spacial score (nSPS) is 28.6. The van der Waals surface area contributed by atoms with Crippen LogP contribution in [0, 0.1) is 0 Å². The van der Waals surface area contributed by atoms with E-state index in [2.05, 4.69) is 10.6 Å². The smallest absolute Gasteiger partial charge is 0.367 e. The Balaban J connectivity index is 1.95. The van der Waals surface area contributed by atoms with Crippen molar-refractivity contribution in [1.29, 1.82) is 0 Å². The Morgan fingerprint density at radius 1 is 0.692 bits per heavy atom. The summed E-state index contributed by atoms with van der Waals surface area (Å²) in [5, 5.41) is 5.19. The number of benzene rings is 1. The van der Waals surface area contributed by atoms with E-state index in [1.54, 1.807) is 30.3 Å². The first-order valence-electron chi connectivity index (χ1n) is 20.1. The van der Waals surface area contributed by atoms with E-state index in [9.17, 15) is 47.9 Å². The zero-order chi connectivity index (χ0) is 48.4. The molecule has 1 unspecified atom stereocenters. The zero-order valence-electron chi connectivity index (χ0n) is 37.0. The molecule has 358 valence electrons. The van der Waals surface area contributed by atoms with Crippen LogP contribution >= 0.6 is 11.8 Å². The van der Waals surface area contributed by atoms with Gasteiger partial charge in [-0.1, -0.05) is 30.0 Å². The summed E-state index contributed by atoms with van der Waals surface area (Å²) in [6.45, 7) is 6.81. The number of thioether (sulfide) groups is 1. The van der Waals surface area contributed by atoms with Crippen LogP contribution in [0.2, 0.25) is 0 Å². The molecule has 23 nitrogen and oxygen atoms in total. The molecule has 3 fully saturated rings. The van der Waals surface area contributed by atoms with E-state index in [1.807, 2.05) is 0 Å². The van der Waals surface area contributed by atoms with Gasteiger partial charge in [0, 0.05) is 66.7 Å². The third-order valence-corrected chi connectivity index (χ3v) is 11.0. The Morgan fingerprint density at radius 3 is 1.75 bits per heavy atom. The summed E-state index contributed by atoms with van der Waals surface area (Å²) >= 11 is 0.853. The molecule has 0 saturated carbocycles. The quantitative estimate of drug-likeness (QED) is 0.164. The number of rotatable bonds is 16. The van der Waals surface area contributed by atoms with Gasteiger partial charge in [-0.2, -0.15) is 0 Å². The molecular weight excluding hydrogens is 889 g/mol. The highest BCUT2D eigenvalue weighted by atomic mass is 32.2. The number of amides is 2. The van der Waals surface area contributed by atoms with Crippen molar-refractivity contribution < 1.29 is 100 Å². The van der Waals surface area contributed by atoms with Crippen LogP contribution in [0.1, 0.15) is 68.2 Å². The van der Waals surface area contributed by atoms with Gasteiger partial charge in [0.15, 0.2) is 18.3 Å². The van der Waals surface area contributed by atoms with Crippen LogP contribution in [0.5, 0.6) is 0 Å². The van der Waals surface area contributed by atoms with Gasteiger partial charge in [-0.3, -0.25) is 38.4 Å². The highest BCUT2D eigenvalue weighted by Gasteiger charge is 2.64. The number of cyclic esters (lactones) is 1. The molecule has 4 rings (SSSR count). The second-order valence-electron chi connectivity index (χ2n) is 15.1. The predicted molar refractivity (Wildman–Crippen MR) is 214 cm³/mol. The van der Waals surface area contributed by atoms with Crippen LogP contribution in [0.25, 0.3) is 0 Å². The Morgan fingerprint density at radius 2 is 1.25 bits per heavy atom. The Hall–Kier alpha value is -5.85. The highest BCUT2D eigenvalue weighted by molar-refractivity contribution is 8.01. The maximum atomic E-state index is 14.2. The molecule has 0 radical (unpaired) electrons. The topological polar surface area (TPSA) is 296 Å². The van der Waals surface area contributed by atoms with Crippen molar-refractivity contribution in [2.45, 2.75) is 145 Å². The summed E-state index contributed by atoms with van der Waals surface area (Å²) in [5.74, 6) is -12.1. The van der Waals surface area contributed by atoms with Gasteiger partial charge in [0.1, 0.15) is 43.7 Å². The molecule has 12 atom stereocenters. The average molecular weight is 941 g/mol. The highest BCUT2D eigenvalue weighted by Crippen LogP contribution is 2.47. The fourth-order valence-electron chi connectivity index (χ4n) is 7.65. The van der Waals surface area contributed by atoms with Gasteiger partial charge in [-0.25, -0.2) is 9.59 Å². The second kappa shape index (κ2) is 22.4. The largest absolute Gasteiger partial charge is 0.466 e. The van der Waals surface area contributed by atoms with Gasteiger partial charge in [-0.05, 0) is 12.1 Å². The zero-order valence-corrected chi connectivity index (χ0v) is 37.8. The summed E-state index contributed by atoms with van der Waals surface area (Å²) in [6, 6.07) is 5.41. The molecule has 3 saturated heterocycles. The maximum Gasteiger partial charge on any atom is 0.367 e. The third-order valence-electron chi connectivity index (χ3n) is 9.78. The van der Waals surface area contributed by atoms with Crippen molar-refractivity contribution in [3.63, 3.8) is 0 Å². The van der Waals surface area contributed by atoms with Crippen LogP contribution in [0.15, 0.2) is 35.2 Å². The first-order valence-corrected chi connectivity index (χ1v) is 20.9. The van der Waals surface area contributed by atoms with Crippen molar-refractivity contribution in [2.75, 3.05) is 20.3 Å². The van der Waals surface area contributed by atoms with Crippen molar-refractivity contribution in [1.82, 2.24) is 10.6 Å². The van der Waals surface area contributed by atoms with Gasteiger partial charge >= 0.3 is 47.8 Å². The Bertz CT molecular complexity index is 1980. The average Bonchev–Trinajstić information content (AvgIpc) is 3.19. The van der Waals surface area contributed by atoms with Crippen molar-refractivity contribution >= 4 is 71.3 Å². The van der Waals surface area contributed by atoms with Gasteiger partial charge in [0.2, 0.25) is 16.7 Å². The van der Waals surface area contributed by atoms with E-state index in [0.29, 0.717) is 4.90 Å². The minimum atomic E-state index is -2.76. The molecule has 2 N–H and O–H groups in total. The molecule has 0 aromatic heterocycles. The lowest BCUT2D eigenvalue weighted by molar-refractivity contribution is -0.354. The second-order valence-corrected chi connectivity index (χ2v) is 16.4. The predicted octanol–water partition coefficient (Wildman–Crippen LogP) is 0.0951. The van der Waals surface area contributed by atoms with E-state index >= 15 is 0 Å². The fourth-order valence-corrected chi connectivity index (χ4v) is 8.89. The number of hydrogen-bond acceptors (Lipinski definition) is 22. The molecule has 0 bridgehead atoms. The lowest BCUT2D eigenvalue weighted by atomic mass is 9.86. The van der Waals surface area contributed by atoms with Gasteiger partial charge in [0.25, 0.3) is 5.79 Å². The summed E-state index contributed by atoms with van der Waals surface area (Å²) < 4.78 is 63.6. The molecule has 3 heterocycles. The number of methoxy groups -OCH3 is 1. The van der Waals surface area contributed by atoms with Gasteiger partial charge in [0.05, 0.1) is 25.6 Å². The molecule has 2 amide bonds. The Labute approximate surface area is 376 Å². The number of esters is 8. The summed E-state index contributed by atoms with van der Waals surface area (Å²) in [5.41, 5.74) is 0. The molecular formula is C41H52N2O21S. The SMILES string of the molecule is COC(=O)C1(Sc2ccccc2)C[C@H](OC(C)=O)[C@@H](NC(C)=O)[C@H]([C@H](OC(C)=O)[C@H]2COC(=O)[C@]3(C[C@H](OC(C)=O)[C@@H](NC(C)=O)[C@H]([C@H](OC(C)=O)[C@@H](COC(C)=O)OC(C)=O)O3)O2)O1. The standard InChI is InChI=1S/C41H52N2O21S/c1-19(44)42-32-28(57-22(4)47)15-40(63-36(32)34(60-25(7)50)30(59-24(6)49)17-55-21(3)46)38(52)56-18-31(62-40)35(61-26(8)51)37-33(43-20(2)45)29(58-23(5)48)16-41(64-37,39(53)54-9)65-27-13-11-10-12-14-27/h10-14,28-37H,15-18H2,1-9H3,(H,42,44)(H,43,45)/t28-,29-,30+,31+,32+,33+,34+,35+,36+,37+,40+,41?/m0/s1. The molecule has 24 heteroatoms. The van der Waals surface area contributed by atoms with Gasteiger partial charge in [-0.15, -0.1) is 0 Å². The number of carbonyl (C=O) groups is 10. The monoisotopic (exact) mass is 940 g/mol. The summed E-state index contributed by atoms with van der Waals surface area (Å²) in [6.07, 6.45) is -14.9. The first kappa shape index (κ1) is 51.8. The number of nitrogens with one attached hydrogen (secondary N) is 2. The van der Waals surface area contributed by atoms with E-state index in [0.717, 1.165) is 74.3 Å². The fraction of sp³-hybridized carbons (Fsp3) is 0.610. The van der Waals surface area contributed by atoms with E-state index in [-0.39, 0.29) is 0 Å². The van der Waals surface area contributed by atoms with E-state index in [1.165, 1.54) is 0 Å². The minimum absolute atomic E-state index is 0.425. The van der Waals surface area contributed by atoms with Crippen molar-refractivity contribution in [3.8, 4) is 0 Å². The van der Waals surface area contributed by atoms with Crippen LogP contribution in [-0.2, 0) is 100 Å². The maximum absolute atomic E-state index is 14.2. The molecule has 1 aromatic rings. The minimum Gasteiger partial charge on any atom is -0.466 e. The van der Waals surface area contributed by atoms with E-state index in [4.69, 9.17) is 52.1 Å². The van der Waals surface area contributed by atoms with Gasteiger partial charge < -0.3 is 62.7 Å². The number of carbonyl (C=O) groups excluding carboxylic acids is 10. The molecule has 1 aromatic carbocycles. The van der Waals surface area contributed by atoms with Crippen LogP contribution < -0.4 is 10.6 Å². The Kier molecular flexibility index (Phi) is 17.8. The molecule has 3 aliphatic rings. The first-order chi connectivity index (χ1) is 30.5. The van der Waals surface area contributed by atoms with Crippen molar-refractivity contribution in [3.05, 3.63) is 30.3 Å². The molecule has 65 heavy (non-hydrogen) atoms. The van der Waals surface area contributed by atoms with Crippen molar-refractivity contribution in [2.24, 2.45) is 0 Å². The third kappa shape index (κ3) is 13.6. The molecule has 3 aliphatic heterocycles. The van der Waals surface area contributed by atoms with Crippen LogP contribution in [0.3, 0.4) is 0 Å². The molecule has 1 spiro atoms. The lowest BCUT2D eigenvalue weighted by Crippen LogP contribution is -2.72. The molecule has 0 aliphatic carbocycles. The summed E-state index contributed by atoms with van der Waals surface area (Å²) in [4.78, 5) is 128. The number of ether oxygens (including phenoxy) is 11. The van der Waals surface area contributed by atoms with E-state index < -0.39 is 157 Å². The van der Waals surface area contributed by atoms with Crippen LogP contribution in [0.4, 0.5) is 0 Å². The summed E-state index contributed by atoms with van der Waals surface area (Å²) in [7, 11) is 1.08.